The van der Waals surface area contributed by atoms with Gasteiger partial charge in [-0.3, -0.25) is 19.2 Å². The van der Waals surface area contributed by atoms with E-state index < -0.39 is 53.3 Å². The molecule has 256 valence electrons. The number of nitrogens with one attached hydrogen (secondary N) is 3. The minimum atomic E-state index is -1.24. The third-order valence-electron chi connectivity index (χ3n) is 9.45. The van der Waals surface area contributed by atoms with Gasteiger partial charge >= 0.3 is 6.09 Å². The van der Waals surface area contributed by atoms with Crippen LogP contribution in [0.4, 0.5) is 4.79 Å². The van der Waals surface area contributed by atoms with Crippen molar-refractivity contribution in [1.82, 2.24) is 25.8 Å². The number of nitrogens with zero attached hydrogens (tertiary/aromatic N) is 2. The molecular formula is C35H49N5O7. The lowest BCUT2D eigenvalue weighted by Gasteiger charge is -2.32. The molecule has 1 aromatic carbocycles. The van der Waals surface area contributed by atoms with E-state index in [4.69, 9.17) is 4.74 Å². The Morgan fingerprint density at radius 3 is 2.57 bits per heavy atom. The summed E-state index contributed by atoms with van der Waals surface area (Å²) in [7, 11) is 0. The highest BCUT2D eigenvalue weighted by atomic mass is 16.6. The summed E-state index contributed by atoms with van der Waals surface area (Å²) in [6.07, 6.45) is 7.41. The summed E-state index contributed by atoms with van der Waals surface area (Å²) in [5.74, 6) is -1.79. The number of fused-ring (bicyclic) bond motifs is 2. The fourth-order valence-electron chi connectivity index (χ4n) is 6.97. The average Bonchev–Trinajstić information content (AvgIpc) is 3.32. The van der Waals surface area contributed by atoms with Crippen LogP contribution in [-0.2, 0) is 30.5 Å². The van der Waals surface area contributed by atoms with Crippen LogP contribution in [0.25, 0.3) is 0 Å². The molecule has 12 heteroatoms. The van der Waals surface area contributed by atoms with Crippen molar-refractivity contribution in [3.05, 3.63) is 48.0 Å². The second kappa shape index (κ2) is 14.5. The van der Waals surface area contributed by atoms with Gasteiger partial charge in [0, 0.05) is 32.0 Å². The van der Waals surface area contributed by atoms with Crippen LogP contribution >= 0.6 is 0 Å². The molecule has 12 nitrogen and oxygen atoms in total. The first-order valence-electron chi connectivity index (χ1n) is 17.0. The van der Waals surface area contributed by atoms with Crippen molar-refractivity contribution in [2.24, 2.45) is 5.92 Å². The van der Waals surface area contributed by atoms with Crippen LogP contribution in [0.15, 0.2) is 42.5 Å². The molecule has 2 saturated heterocycles. The van der Waals surface area contributed by atoms with Crippen molar-refractivity contribution < 1.29 is 33.8 Å². The Kier molecular flexibility index (Phi) is 10.6. The molecule has 1 aliphatic carbocycles. The number of aliphatic hydroxyl groups excluding tert-OH is 1. The molecule has 3 fully saturated rings. The Morgan fingerprint density at radius 2 is 1.83 bits per heavy atom. The molecule has 47 heavy (non-hydrogen) atoms. The van der Waals surface area contributed by atoms with Crippen molar-refractivity contribution in [1.29, 1.82) is 0 Å². The molecule has 0 unspecified atom stereocenters. The zero-order chi connectivity index (χ0) is 33.8. The van der Waals surface area contributed by atoms with Gasteiger partial charge in [0.05, 0.1) is 6.10 Å². The number of hydrogen-bond acceptors (Lipinski definition) is 7. The normalized spacial score (nSPS) is 30.6. The molecule has 3 aliphatic heterocycles. The maximum absolute atomic E-state index is 14.3. The molecule has 3 heterocycles. The number of carbonyl (C=O) groups is 5. The lowest BCUT2D eigenvalue weighted by molar-refractivity contribution is -0.145. The fourth-order valence-corrected chi connectivity index (χ4v) is 6.97. The van der Waals surface area contributed by atoms with E-state index >= 15 is 0 Å². The topological polar surface area (TPSA) is 157 Å². The number of aliphatic hydroxyl groups is 1. The molecule has 5 amide bonds. The number of benzene rings is 1. The quantitative estimate of drug-likeness (QED) is 0.357. The summed E-state index contributed by atoms with van der Waals surface area (Å²) in [5, 5.41) is 19.3. The molecule has 4 aliphatic rings. The number of rotatable bonds is 5. The zero-order valence-corrected chi connectivity index (χ0v) is 27.7. The van der Waals surface area contributed by atoms with E-state index in [1.54, 1.807) is 25.7 Å². The summed E-state index contributed by atoms with van der Waals surface area (Å²) in [6, 6.07) is 6.96. The van der Waals surface area contributed by atoms with Gasteiger partial charge < -0.3 is 35.6 Å². The van der Waals surface area contributed by atoms with E-state index in [0.717, 1.165) is 24.8 Å². The first kappa shape index (κ1) is 34.4. The minimum Gasteiger partial charge on any atom is -0.444 e. The van der Waals surface area contributed by atoms with Gasteiger partial charge in [0.15, 0.2) is 0 Å². The molecule has 1 saturated carbocycles. The SMILES string of the molecule is CC(C)(C)OC(=O)N[C@H]1CCCCC/C=C\[C@H]2C[C@@]2(C(=O)N2CCC[C@H]2C(=O)NCc2ccccc2)NC(=O)[C@@H]2C[C@@H](O)CN2C1=O. The van der Waals surface area contributed by atoms with Crippen molar-refractivity contribution in [3.63, 3.8) is 0 Å². The number of alkyl carbamates (subject to hydrolysis) is 1. The second-order valence-corrected chi connectivity index (χ2v) is 14.3. The van der Waals surface area contributed by atoms with Crippen LogP contribution in [0.3, 0.4) is 0 Å². The number of carbonyl (C=O) groups excluding carboxylic acids is 5. The number of likely N-dealkylation sites (tertiary alicyclic amines) is 1. The molecule has 4 N–H and O–H groups in total. The van der Waals surface area contributed by atoms with Gasteiger partial charge in [0.2, 0.25) is 23.6 Å². The van der Waals surface area contributed by atoms with Crippen molar-refractivity contribution >= 4 is 29.7 Å². The lowest BCUT2D eigenvalue weighted by atomic mass is 10.0. The Hall–Kier alpha value is -3.93. The average molecular weight is 652 g/mol. The van der Waals surface area contributed by atoms with Crippen LogP contribution in [0.5, 0.6) is 0 Å². The molecule has 0 aromatic heterocycles. The van der Waals surface area contributed by atoms with Crippen LogP contribution in [0, 0.1) is 5.92 Å². The van der Waals surface area contributed by atoms with Crippen molar-refractivity contribution in [3.8, 4) is 0 Å². The van der Waals surface area contributed by atoms with Gasteiger partial charge in [-0.05, 0) is 64.9 Å². The first-order valence-corrected chi connectivity index (χ1v) is 17.0. The third kappa shape index (κ3) is 8.33. The summed E-state index contributed by atoms with van der Waals surface area (Å²) in [6.45, 7) is 5.89. The summed E-state index contributed by atoms with van der Waals surface area (Å²) >= 11 is 0. The van der Waals surface area contributed by atoms with Gasteiger partial charge in [-0.1, -0.05) is 55.3 Å². The smallest absolute Gasteiger partial charge is 0.408 e. The Morgan fingerprint density at radius 1 is 1.06 bits per heavy atom. The van der Waals surface area contributed by atoms with Gasteiger partial charge in [-0.15, -0.1) is 0 Å². The van der Waals surface area contributed by atoms with E-state index in [0.29, 0.717) is 45.2 Å². The fraction of sp³-hybridized carbons (Fsp3) is 0.629. The summed E-state index contributed by atoms with van der Waals surface area (Å²) < 4.78 is 5.41. The maximum atomic E-state index is 14.3. The number of amides is 5. The molecule has 0 spiro atoms. The molecule has 0 bridgehead atoms. The van der Waals surface area contributed by atoms with E-state index in [-0.39, 0.29) is 30.7 Å². The van der Waals surface area contributed by atoms with Crippen LogP contribution in [0.1, 0.15) is 84.1 Å². The Balaban J connectivity index is 1.34. The van der Waals surface area contributed by atoms with Gasteiger partial charge in [-0.25, -0.2) is 4.79 Å². The van der Waals surface area contributed by atoms with Gasteiger partial charge in [0.1, 0.15) is 29.3 Å². The highest BCUT2D eigenvalue weighted by Crippen LogP contribution is 2.47. The Labute approximate surface area is 276 Å². The monoisotopic (exact) mass is 651 g/mol. The largest absolute Gasteiger partial charge is 0.444 e. The van der Waals surface area contributed by atoms with E-state index in [1.807, 2.05) is 42.5 Å². The molecule has 0 radical (unpaired) electrons. The number of ether oxygens (including phenoxy) is 1. The van der Waals surface area contributed by atoms with Crippen LogP contribution in [-0.4, -0.2) is 93.1 Å². The summed E-state index contributed by atoms with van der Waals surface area (Å²) in [5.41, 5.74) is -1.05. The third-order valence-corrected chi connectivity index (χ3v) is 9.45. The zero-order valence-electron chi connectivity index (χ0n) is 27.7. The highest BCUT2D eigenvalue weighted by Gasteiger charge is 2.63. The van der Waals surface area contributed by atoms with E-state index in [1.165, 1.54) is 4.90 Å². The van der Waals surface area contributed by atoms with E-state index in [9.17, 15) is 29.1 Å². The number of allylic oxidation sites excluding steroid dienone is 1. The standard InChI is InChI=1S/C35H49N5O7/c1-34(2,3)47-33(46)37-26-16-11-6-4-5-10-15-24-20-35(24,38-30(43)28-19-25(41)22-40(28)31(26)44)32(45)39-18-12-17-27(39)29(42)36-21-23-13-8-7-9-14-23/h7-10,13-15,24-28,41H,4-6,11-12,16-22H2,1-3H3,(H,36,42)(H,37,46)(H,38,43)/b15-10-/t24-,25+,26-,27-,28-,35+/m0/s1. The van der Waals surface area contributed by atoms with Crippen LogP contribution < -0.4 is 16.0 Å². The maximum Gasteiger partial charge on any atom is 0.408 e. The summed E-state index contributed by atoms with van der Waals surface area (Å²) in [4.78, 5) is 71.1. The Bertz CT molecular complexity index is 1360. The second-order valence-electron chi connectivity index (χ2n) is 14.3. The van der Waals surface area contributed by atoms with E-state index in [2.05, 4.69) is 16.0 Å². The molecule has 6 atom stereocenters. The number of hydrogen-bond donors (Lipinski definition) is 4. The van der Waals surface area contributed by atoms with Gasteiger partial charge in [0.25, 0.3) is 0 Å². The lowest BCUT2D eigenvalue weighted by Crippen LogP contribution is -2.59. The van der Waals surface area contributed by atoms with Crippen molar-refractivity contribution in [2.45, 2.75) is 120 Å². The van der Waals surface area contributed by atoms with Crippen LogP contribution in [0.2, 0.25) is 0 Å². The molecular weight excluding hydrogens is 602 g/mol. The predicted molar refractivity (Wildman–Crippen MR) is 174 cm³/mol. The first-order chi connectivity index (χ1) is 22.4. The minimum absolute atomic E-state index is 0.00966. The predicted octanol–water partition coefficient (Wildman–Crippen LogP) is 2.54. The van der Waals surface area contributed by atoms with Crippen molar-refractivity contribution in [2.75, 3.05) is 13.1 Å². The molecule has 1 aromatic rings. The highest BCUT2D eigenvalue weighted by molar-refractivity contribution is 6.00. The molecule has 5 rings (SSSR count). The van der Waals surface area contributed by atoms with Gasteiger partial charge in [-0.2, -0.15) is 0 Å².